The highest BCUT2D eigenvalue weighted by Gasteiger charge is 2.24. The third-order valence-electron chi connectivity index (χ3n) is 5.45. The maximum absolute atomic E-state index is 12.5. The molecule has 3 heterocycles. The molecule has 1 aromatic carbocycles. The number of nitrogens with one attached hydrogen (secondary N) is 1. The van der Waals surface area contributed by atoms with Crippen molar-refractivity contribution in [3.05, 3.63) is 64.6 Å². The molecule has 29 heavy (non-hydrogen) atoms. The first-order chi connectivity index (χ1) is 13.9. The number of rotatable bonds is 5. The SMILES string of the molecule is Cc1nn(C)c(C)c1CNC(=O)c1ccc(CN2C(=O)CCn3nccc32)cc1. The molecule has 2 aromatic heterocycles. The van der Waals surface area contributed by atoms with Gasteiger partial charge in [-0.2, -0.15) is 10.2 Å². The molecule has 150 valence electrons. The van der Waals surface area contributed by atoms with E-state index >= 15 is 0 Å². The van der Waals surface area contributed by atoms with Gasteiger partial charge in [0.1, 0.15) is 5.82 Å². The zero-order chi connectivity index (χ0) is 20.5. The number of carbonyl (C=O) groups excluding carboxylic acids is 2. The van der Waals surface area contributed by atoms with Crippen molar-refractivity contribution >= 4 is 17.6 Å². The Morgan fingerprint density at radius 1 is 1.17 bits per heavy atom. The van der Waals surface area contributed by atoms with Gasteiger partial charge < -0.3 is 5.32 Å². The standard InChI is InChI=1S/C21H24N6O2/c1-14-18(15(2)25(3)24-14)12-22-21(29)17-6-4-16(5-7-17)13-26-19-8-10-23-27(19)11-9-20(26)28/h4-8,10H,9,11-13H2,1-3H3,(H,22,29). The van der Waals surface area contributed by atoms with Crippen LogP contribution in [0.1, 0.15) is 39.3 Å². The van der Waals surface area contributed by atoms with Gasteiger partial charge in [-0.05, 0) is 31.5 Å². The number of amides is 2. The van der Waals surface area contributed by atoms with Gasteiger partial charge in [0.15, 0.2) is 0 Å². The molecule has 0 bridgehead atoms. The number of hydrogen-bond acceptors (Lipinski definition) is 4. The van der Waals surface area contributed by atoms with Crippen molar-refractivity contribution in [2.75, 3.05) is 4.90 Å². The van der Waals surface area contributed by atoms with E-state index in [0.29, 0.717) is 31.6 Å². The van der Waals surface area contributed by atoms with Crippen molar-refractivity contribution in [1.82, 2.24) is 24.9 Å². The molecule has 0 atom stereocenters. The maximum atomic E-state index is 12.5. The fourth-order valence-electron chi connectivity index (χ4n) is 3.65. The lowest BCUT2D eigenvalue weighted by atomic mass is 10.1. The number of hydrogen-bond donors (Lipinski definition) is 1. The van der Waals surface area contributed by atoms with E-state index in [0.717, 1.165) is 28.3 Å². The molecule has 1 aliphatic heterocycles. The van der Waals surface area contributed by atoms with Gasteiger partial charge in [-0.3, -0.25) is 19.2 Å². The first-order valence-corrected chi connectivity index (χ1v) is 9.62. The second kappa shape index (κ2) is 7.54. The Hall–Kier alpha value is -3.42. The van der Waals surface area contributed by atoms with E-state index in [1.54, 1.807) is 23.2 Å². The first kappa shape index (κ1) is 18.9. The molecule has 0 aliphatic carbocycles. The van der Waals surface area contributed by atoms with Crippen LogP contribution in [-0.2, 0) is 31.5 Å². The Balaban J connectivity index is 1.42. The average Bonchev–Trinajstić information content (AvgIpc) is 3.28. The summed E-state index contributed by atoms with van der Waals surface area (Å²) in [4.78, 5) is 26.6. The monoisotopic (exact) mass is 392 g/mol. The van der Waals surface area contributed by atoms with Gasteiger partial charge in [-0.25, -0.2) is 4.68 Å². The summed E-state index contributed by atoms with van der Waals surface area (Å²) in [7, 11) is 1.90. The number of aryl methyl sites for hydroxylation is 3. The van der Waals surface area contributed by atoms with Crippen molar-refractivity contribution in [2.24, 2.45) is 7.05 Å². The maximum Gasteiger partial charge on any atom is 0.251 e. The largest absolute Gasteiger partial charge is 0.348 e. The molecule has 1 N–H and O–H groups in total. The van der Waals surface area contributed by atoms with E-state index in [1.807, 2.05) is 48.5 Å². The number of anilines is 1. The van der Waals surface area contributed by atoms with Crippen molar-refractivity contribution in [1.29, 1.82) is 0 Å². The molecule has 8 nitrogen and oxygen atoms in total. The zero-order valence-corrected chi connectivity index (χ0v) is 16.8. The molecule has 0 saturated carbocycles. The van der Waals surface area contributed by atoms with Crippen LogP contribution in [0, 0.1) is 13.8 Å². The van der Waals surface area contributed by atoms with Gasteiger partial charge in [0.2, 0.25) is 5.91 Å². The number of fused-ring (bicyclic) bond motifs is 1. The zero-order valence-electron chi connectivity index (χ0n) is 16.8. The molecule has 0 fully saturated rings. The molecule has 0 radical (unpaired) electrons. The predicted molar refractivity (Wildman–Crippen MR) is 108 cm³/mol. The number of aromatic nitrogens is 4. The summed E-state index contributed by atoms with van der Waals surface area (Å²) in [6, 6.07) is 9.20. The smallest absolute Gasteiger partial charge is 0.251 e. The van der Waals surface area contributed by atoms with E-state index in [-0.39, 0.29) is 11.8 Å². The molecule has 3 aromatic rings. The lowest BCUT2D eigenvalue weighted by Crippen LogP contribution is -2.36. The second-order valence-corrected chi connectivity index (χ2v) is 7.30. The molecule has 0 unspecified atom stereocenters. The summed E-state index contributed by atoms with van der Waals surface area (Å²) in [5.41, 5.74) is 4.55. The van der Waals surface area contributed by atoms with Gasteiger partial charge >= 0.3 is 0 Å². The average molecular weight is 392 g/mol. The minimum atomic E-state index is -0.133. The summed E-state index contributed by atoms with van der Waals surface area (Å²) in [5, 5.41) is 11.6. The van der Waals surface area contributed by atoms with E-state index in [4.69, 9.17) is 0 Å². The molecule has 2 amide bonds. The topological polar surface area (TPSA) is 85.0 Å². The normalized spacial score (nSPS) is 13.5. The quantitative estimate of drug-likeness (QED) is 0.721. The molecular weight excluding hydrogens is 368 g/mol. The van der Waals surface area contributed by atoms with Gasteiger partial charge in [-0.1, -0.05) is 12.1 Å². The van der Waals surface area contributed by atoms with Crippen LogP contribution in [0.3, 0.4) is 0 Å². The number of carbonyl (C=O) groups is 2. The van der Waals surface area contributed by atoms with Crippen LogP contribution in [0.4, 0.5) is 5.82 Å². The summed E-state index contributed by atoms with van der Waals surface area (Å²) in [5.74, 6) is 0.763. The van der Waals surface area contributed by atoms with Crippen LogP contribution in [0.2, 0.25) is 0 Å². The Bertz CT molecular complexity index is 1060. The molecule has 0 spiro atoms. The molecule has 4 rings (SSSR count). The summed E-state index contributed by atoms with van der Waals surface area (Å²) < 4.78 is 3.66. The van der Waals surface area contributed by atoms with E-state index in [1.165, 1.54) is 0 Å². The number of nitrogens with zero attached hydrogens (tertiary/aromatic N) is 5. The number of benzene rings is 1. The Morgan fingerprint density at radius 3 is 2.62 bits per heavy atom. The Kier molecular flexibility index (Phi) is 4.92. The van der Waals surface area contributed by atoms with Crippen LogP contribution in [0.15, 0.2) is 36.5 Å². The molecule has 0 saturated heterocycles. The van der Waals surface area contributed by atoms with Crippen LogP contribution in [0.5, 0.6) is 0 Å². The van der Waals surface area contributed by atoms with Crippen molar-refractivity contribution in [2.45, 2.75) is 39.9 Å². The Morgan fingerprint density at radius 2 is 1.93 bits per heavy atom. The first-order valence-electron chi connectivity index (χ1n) is 9.62. The van der Waals surface area contributed by atoms with Crippen LogP contribution < -0.4 is 10.2 Å². The Labute approximate surface area is 169 Å². The van der Waals surface area contributed by atoms with E-state index in [2.05, 4.69) is 15.5 Å². The van der Waals surface area contributed by atoms with Gasteiger partial charge in [0.05, 0.1) is 25.0 Å². The highest BCUT2D eigenvalue weighted by atomic mass is 16.2. The lowest BCUT2D eigenvalue weighted by molar-refractivity contribution is -0.119. The molecule has 8 heteroatoms. The van der Waals surface area contributed by atoms with E-state index < -0.39 is 0 Å². The van der Waals surface area contributed by atoms with Gasteiger partial charge in [0, 0.05) is 42.9 Å². The van der Waals surface area contributed by atoms with Gasteiger partial charge in [0.25, 0.3) is 5.91 Å². The van der Waals surface area contributed by atoms with Crippen molar-refractivity contribution < 1.29 is 9.59 Å². The fraction of sp³-hybridized carbons (Fsp3) is 0.333. The van der Waals surface area contributed by atoms with Crippen LogP contribution in [-0.4, -0.2) is 31.4 Å². The third-order valence-corrected chi connectivity index (χ3v) is 5.45. The summed E-state index contributed by atoms with van der Waals surface area (Å²) in [6.07, 6.45) is 2.16. The molecular formula is C21H24N6O2. The second-order valence-electron chi connectivity index (χ2n) is 7.30. The van der Waals surface area contributed by atoms with E-state index in [9.17, 15) is 9.59 Å². The van der Waals surface area contributed by atoms with Crippen molar-refractivity contribution in [3.8, 4) is 0 Å². The lowest BCUT2D eigenvalue weighted by Gasteiger charge is -2.27. The van der Waals surface area contributed by atoms with Crippen molar-refractivity contribution in [3.63, 3.8) is 0 Å². The third kappa shape index (κ3) is 3.65. The summed E-state index contributed by atoms with van der Waals surface area (Å²) in [6.45, 7) is 5.45. The molecule has 1 aliphatic rings. The van der Waals surface area contributed by atoms with Gasteiger partial charge in [-0.15, -0.1) is 0 Å². The van der Waals surface area contributed by atoms with Crippen LogP contribution in [0.25, 0.3) is 0 Å². The highest BCUT2D eigenvalue weighted by Crippen LogP contribution is 2.23. The van der Waals surface area contributed by atoms with Crippen LogP contribution >= 0.6 is 0 Å². The minimum absolute atomic E-state index is 0.0852. The minimum Gasteiger partial charge on any atom is -0.348 e. The summed E-state index contributed by atoms with van der Waals surface area (Å²) >= 11 is 0. The predicted octanol–water partition coefficient (Wildman–Crippen LogP) is 2.10. The fourth-order valence-corrected chi connectivity index (χ4v) is 3.65. The highest BCUT2D eigenvalue weighted by molar-refractivity contribution is 5.95.